The summed E-state index contributed by atoms with van der Waals surface area (Å²) in [7, 11) is 0. The number of non-ortho nitro benzene ring substituents is 1. The van der Waals surface area contributed by atoms with Gasteiger partial charge in [0.25, 0.3) is 17.5 Å². The molecule has 0 saturated carbocycles. The van der Waals surface area contributed by atoms with E-state index < -0.39 is 16.7 Å². The first-order valence-electron chi connectivity index (χ1n) is 8.19. The molecule has 0 atom stereocenters. The molecular formula is C18H18BrN3O6. The van der Waals surface area contributed by atoms with Crippen molar-refractivity contribution in [2.45, 2.75) is 20.0 Å². The number of rotatable bonds is 7. The number of nitro groups is 1. The molecule has 2 N–H and O–H groups in total. The molecule has 2 aromatic rings. The topological polar surface area (TPSA) is 120 Å². The number of benzene rings is 2. The van der Waals surface area contributed by atoms with Crippen LogP contribution in [-0.2, 0) is 4.79 Å². The highest BCUT2D eigenvalue weighted by atomic mass is 79.9. The number of nitrogens with zero attached hydrogens (tertiary/aromatic N) is 1. The van der Waals surface area contributed by atoms with E-state index in [1.165, 1.54) is 24.3 Å². The molecule has 10 heteroatoms. The largest absolute Gasteiger partial charge is 0.490 e. The third kappa shape index (κ3) is 6.23. The molecule has 0 spiro atoms. The molecule has 0 radical (unpaired) electrons. The van der Waals surface area contributed by atoms with Crippen molar-refractivity contribution in [2.24, 2.45) is 0 Å². The van der Waals surface area contributed by atoms with E-state index in [-0.39, 0.29) is 24.1 Å². The zero-order chi connectivity index (χ0) is 20.7. The molecule has 0 aliphatic heterocycles. The monoisotopic (exact) mass is 451 g/mol. The molecule has 0 aliphatic carbocycles. The van der Waals surface area contributed by atoms with Gasteiger partial charge < -0.3 is 9.47 Å². The van der Waals surface area contributed by atoms with Crippen LogP contribution in [0, 0.1) is 10.1 Å². The molecule has 2 amide bonds. The molecule has 0 bridgehead atoms. The Morgan fingerprint density at radius 1 is 1.14 bits per heavy atom. The molecule has 0 unspecified atom stereocenters. The SMILES string of the molecule is CC(C)Oc1ccc(C(=O)NNC(=O)COc2ccc([N+](=O)[O-])cc2)cc1Br. The average molecular weight is 452 g/mol. The Hall–Kier alpha value is -3.14. The molecule has 0 heterocycles. The minimum absolute atomic E-state index is 0.00832. The first-order valence-corrected chi connectivity index (χ1v) is 8.98. The number of carbonyl (C=O) groups is 2. The zero-order valence-corrected chi connectivity index (χ0v) is 16.7. The predicted molar refractivity (Wildman–Crippen MR) is 104 cm³/mol. The second kappa shape index (κ2) is 9.70. The minimum Gasteiger partial charge on any atom is -0.490 e. The van der Waals surface area contributed by atoms with E-state index in [1.807, 2.05) is 13.8 Å². The Balaban J connectivity index is 1.82. The third-order valence-corrected chi connectivity index (χ3v) is 3.91. The number of hydrazine groups is 1. The Bertz CT molecular complexity index is 870. The number of amides is 2. The molecule has 2 aromatic carbocycles. The van der Waals surface area contributed by atoms with Gasteiger partial charge in [-0.1, -0.05) is 0 Å². The van der Waals surface area contributed by atoms with Gasteiger partial charge in [-0.3, -0.25) is 30.6 Å². The minimum atomic E-state index is -0.592. The van der Waals surface area contributed by atoms with Crippen LogP contribution in [0.5, 0.6) is 11.5 Å². The fourth-order valence-electron chi connectivity index (χ4n) is 2.04. The van der Waals surface area contributed by atoms with Crippen molar-refractivity contribution in [1.29, 1.82) is 0 Å². The van der Waals surface area contributed by atoms with Crippen LogP contribution in [0.1, 0.15) is 24.2 Å². The van der Waals surface area contributed by atoms with Crippen LogP contribution in [0.3, 0.4) is 0 Å². The van der Waals surface area contributed by atoms with Gasteiger partial charge in [0.2, 0.25) is 0 Å². The van der Waals surface area contributed by atoms with Crippen molar-refractivity contribution in [3.05, 3.63) is 62.6 Å². The predicted octanol–water partition coefficient (Wildman–Crippen LogP) is 2.98. The maximum atomic E-state index is 12.1. The molecule has 0 saturated heterocycles. The second-order valence-corrected chi connectivity index (χ2v) is 6.71. The van der Waals surface area contributed by atoms with Gasteiger partial charge in [-0.15, -0.1) is 0 Å². The number of nitro benzene ring substituents is 1. The van der Waals surface area contributed by atoms with E-state index in [2.05, 4.69) is 26.8 Å². The van der Waals surface area contributed by atoms with Gasteiger partial charge in [-0.2, -0.15) is 0 Å². The van der Waals surface area contributed by atoms with Gasteiger partial charge in [-0.25, -0.2) is 0 Å². The molecule has 2 rings (SSSR count). The Morgan fingerprint density at radius 3 is 2.39 bits per heavy atom. The third-order valence-electron chi connectivity index (χ3n) is 3.29. The summed E-state index contributed by atoms with van der Waals surface area (Å²) < 4.78 is 11.4. The summed E-state index contributed by atoms with van der Waals surface area (Å²) in [6.45, 7) is 3.41. The number of carbonyl (C=O) groups excluding carboxylic acids is 2. The standard InChI is InChI=1S/C18H18BrN3O6/c1-11(2)28-16-8-3-12(9-15(16)19)18(24)21-20-17(23)10-27-14-6-4-13(5-7-14)22(25)26/h3-9,11H,10H2,1-2H3,(H,20,23)(H,21,24). The van der Waals surface area contributed by atoms with Crippen molar-refractivity contribution in [3.8, 4) is 11.5 Å². The maximum Gasteiger partial charge on any atom is 0.276 e. The molecule has 0 aromatic heterocycles. The van der Waals surface area contributed by atoms with E-state index in [4.69, 9.17) is 9.47 Å². The average Bonchev–Trinajstić information content (AvgIpc) is 2.66. The first kappa shape index (κ1) is 21.2. The number of nitrogens with one attached hydrogen (secondary N) is 2. The Labute approximate surface area is 169 Å². The van der Waals surface area contributed by atoms with Crippen LogP contribution in [0.25, 0.3) is 0 Å². The fraction of sp³-hybridized carbons (Fsp3) is 0.222. The van der Waals surface area contributed by atoms with Crippen molar-refractivity contribution in [3.63, 3.8) is 0 Å². The quantitative estimate of drug-likeness (QED) is 0.493. The van der Waals surface area contributed by atoms with E-state index >= 15 is 0 Å². The molecule has 0 aliphatic rings. The van der Waals surface area contributed by atoms with Gasteiger partial charge >= 0.3 is 0 Å². The lowest BCUT2D eigenvalue weighted by molar-refractivity contribution is -0.384. The van der Waals surface area contributed by atoms with Crippen LogP contribution < -0.4 is 20.3 Å². The van der Waals surface area contributed by atoms with Crippen molar-refractivity contribution in [2.75, 3.05) is 6.61 Å². The summed E-state index contributed by atoms with van der Waals surface area (Å²) >= 11 is 3.33. The van der Waals surface area contributed by atoms with Crippen molar-refractivity contribution in [1.82, 2.24) is 10.9 Å². The van der Waals surface area contributed by atoms with Crippen LogP contribution >= 0.6 is 15.9 Å². The van der Waals surface area contributed by atoms with Gasteiger partial charge in [-0.05, 0) is 60.1 Å². The summed E-state index contributed by atoms with van der Waals surface area (Å²) in [5.74, 6) is -0.213. The molecule has 28 heavy (non-hydrogen) atoms. The molecule has 9 nitrogen and oxygen atoms in total. The Kier molecular flexibility index (Phi) is 7.33. The van der Waals surface area contributed by atoms with E-state index in [1.54, 1.807) is 18.2 Å². The van der Waals surface area contributed by atoms with Crippen LogP contribution in [-0.4, -0.2) is 29.4 Å². The number of hydrogen-bond donors (Lipinski definition) is 2. The lowest BCUT2D eigenvalue weighted by atomic mass is 10.2. The van der Waals surface area contributed by atoms with Gasteiger partial charge in [0.1, 0.15) is 11.5 Å². The van der Waals surface area contributed by atoms with Crippen molar-refractivity contribution >= 4 is 33.4 Å². The van der Waals surface area contributed by atoms with Crippen molar-refractivity contribution < 1.29 is 24.0 Å². The van der Waals surface area contributed by atoms with E-state index in [0.717, 1.165) is 0 Å². The number of ether oxygens (including phenoxy) is 2. The summed E-state index contributed by atoms with van der Waals surface area (Å²) in [5, 5.41) is 10.6. The smallest absolute Gasteiger partial charge is 0.276 e. The van der Waals surface area contributed by atoms with Crippen LogP contribution in [0.15, 0.2) is 46.9 Å². The van der Waals surface area contributed by atoms with Gasteiger partial charge in [0.15, 0.2) is 6.61 Å². The molecular weight excluding hydrogens is 434 g/mol. The maximum absolute atomic E-state index is 12.1. The van der Waals surface area contributed by atoms with Crippen LogP contribution in [0.2, 0.25) is 0 Å². The molecule has 148 valence electrons. The molecule has 0 fully saturated rings. The highest BCUT2D eigenvalue weighted by molar-refractivity contribution is 9.10. The Morgan fingerprint density at radius 2 is 1.82 bits per heavy atom. The summed E-state index contributed by atoms with van der Waals surface area (Å²) in [4.78, 5) is 33.9. The van der Waals surface area contributed by atoms with Crippen LogP contribution in [0.4, 0.5) is 5.69 Å². The van der Waals surface area contributed by atoms with Gasteiger partial charge in [0.05, 0.1) is 15.5 Å². The highest BCUT2D eigenvalue weighted by Gasteiger charge is 2.12. The number of halogens is 1. The number of hydrogen-bond acceptors (Lipinski definition) is 6. The van der Waals surface area contributed by atoms with E-state index in [9.17, 15) is 19.7 Å². The highest BCUT2D eigenvalue weighted by Crippen LogP contribution is 2.26. The summed E-state index contributed by atoms with van der Waals surface area (Å²) in [5.41, 5.74) is 4.74. The van der Waals surface area contributed by atoms with E-state index in [0.29, 0.717) is 15.8 Å². The lowest BCUT2D eigenvalue weighted by Gasteiger charge is -2.13. The lowest BCUT2D eigenvalue weighted by Crippen LogP contribution is -2.43. The summed E-state index contributed by atoms with van der Waals surface area (Å²) in [6.07, 6.45) is -0.00832. The second-order valence-electron chi connectivity index (χ2n) is 5.85. The van der Waals surface area contributed by atoms with Gasteiger partial charge in [0, 0.05) is 17.7 Å². The fourth-order valence-corrected chi connectivity index (χ4v) is 2.51. The normalized spacial score (nSPS) is 10.3. The zero-order valence-electron chi connectivity index (χ0n) is 15.1. The summed E-state index contributed by atoms with van der Waals surface area (Å²) in [6, 6.07) is 10.1. The first-order chi connectivity index (χ1) is 13.3.